The Hall–Kier alpha value is -0.840. The number of anilines is 1. The number of nitrogens with one attached hydrogen (secondary N) is 1. The molecular formula is C15H22F3NS. The smallest absolute Gasteiger partial charge is 0.376 e. The Morgan fingerprint density at radius 2 is 1.90 bits per heavy atom. The van der Waals surface area contributed by atoms with E-state index in [4.69, 9.17) is 0 Å². The molecule has 0 radical (unpaired) electrons. The number of thioether (sulfide) groups is 1. The van der Waals surface area contributed by atoms with Crippen molar-refractivity contribution in [3.05, 3.63) is 29.8 Å². The minimum atomic E-state index is -4.30. The molecule has 1 rings (SSSR count). The fourth-order valence-corrected chi connectivity index (χ4v) is 2.77. The van der Waals surface area contributed by atoms with E-state index in [-0.39, 0.29) is 5.69 Å². The molecule has 0 saturated heterocycles. The molecule has 1 N–H and O–H groups in total. The van der Waals surface area contributed by atoms with Crippen molar-refractivity contribution in [2.45, 2.75) is 51.0 Å². The number of alkyl halides is 3. The summed E-state index contributed by atoms with van der Waals surface area (Å²) in [6.07, 6.45) is 0.399. The molecule has 0 amide bonds. The first-order valence-corrected chi connectivity index (χ1v) is 8.01. The van der Waals surface area contributed by atoms with Gasteiger partial charge in [-0.3, -0.25) is 0 Å². The molecule has 1 atom stereocenters. The molecule has 5 heteroatoms. The summed E-state index contributed by atoms with van der Waals surface area (Å²) in [5.74, 6) is 0.500. The van der Waals surface area contributed by atoms with E-state index in [0.717, 1.165) is 12.5 Å². The number of rotatable bonds is 8. The molecule has 0 bridgehead atoms. The minimum Gasteiger partial charge on any atom is -0.376 e. The number of halogens is 3. The molecule has 0 saturated carbocycles. The molecule has 0 aliphatic rings. The zero-order chi connectivity index (χ0) is 15.0. The van der Waals surface area contributed by atoms with Gasteiger partial charge in [-0.25, -0.2) is 0 Å². The van der Waals surface area contributed by atoms with E-state index in [1.165, 1.54) is 31.4 Å². The maximum Gasteiger partial charge on any atom is 0.418 e. The van der Waals surface area contributed by atoms with Crippen LogP contribution in [0.4, 0.5) is 18.9 Å². The lowest BCUT2D eigenvalue weighted by Crippen LogP contribution is -2.11. The average molecular weight is 305 g/mol. The molecule has 1 aromatic rings. The lowest BCUT2D eigenvalue weighted by molar-refractivity contribution is -0.136. The second kappa shape index (κ2) is 8.45. The van der Waals surface area contributed by atoms with Crippen LogP contribution in [0.25, 0.3) is 0 Å². The quantitative estimate of drug-likeness (QED) is 0.483. The number of hydrogen-bond acceptors (Lipinski definition) is 2. The highest BCUT2D eigenvalue weighted by molar-refractivity contribution is 7.99. The fourth-order valence-electron chi connectivity index (χ4n) is 1.91. The van der Waals surface area contributed by atoms with Crippen LogP contribution in [-0.2, 0) is 6.18 Å². The Balaban J connectivity index is 2.42. The second-order valence-electron chi connectivity index (χ2n) is 4.84. The van der Waals surface area contributed by atoms with Crippen molar-refractivity contribution in [2.75, 3.05) is 11.2 Å². The zero-order valence-corrected chi connectivity index (χ0v) is 12.8. The van der Waals surface area contributed by atoms with Crippen LogP contribution in [0.3, 0.4) is 0 Å². The summed E-state index contributed by atoms with van der Waals surface area (Å²) in [6.45, 7) is 4.28. The third kappa shape index (κ3) is 6.07. The van der Waals surface area contributed by atoms with Gasteiger partial charge in [0, 0.05) is 10.9 Å². The summed E-state index contributed by atoms with van der Waals surface area (Å²) in [7, 11) is 0. The Labute approximate surface area is 123 Å². The van der Waals surface area contributed by atoms with Crippen LogP contribution in [0.2, 0.25) is 0 Å². The maximum absolute atomic E-state index is 12.8. The molecular weight excluding hydrogens is 283 g/mol. The van der Waals surface area contributed by atoms with Crippen LogP contribution in [-0.4, -0.2) is 11.1 Å². The number of benzene rings is 1. The van der Waals surface area contributed by atoms with Crippen molar-refractivity contribution in [1.82, 2.24) is 0 Å². The highest BCUT2D eigenvalue weighted by Crippen LogP contribution is 2.34. The van der Waals surface area contributed by atoms with E-state index in [1.54, 1.807) is 17.8 Å². The topological polar surface area (TPSA) is 12.0 Å². The molecule has 0 heterocycles. The van der Waals surface area contributed by atoms with E-state index >= 15 is 0 Å². The number of hydrogen-bond donors (Lipinski definition) is 1. The van der Waals surface area contributed by atoms with Crippen LogP contribution in [0.5, 0.6) is 0 Å². The summed E-state index contributed by atoms with van der Waals surface area (Å²) >= 11 is 1.66. The number of para-hydroxylation sites is 1. The van der Waals surface area contributed by atoms with E-state index < -0.39 is 11.7 Å². The van der Waals surface area contributed by atoms with E-state index in [2.05, 4.69) is 19.2 Å². The second-order valence-corrected chi connectivity index (χ2v) is 6.26. The predicted octanol–water partition coefficient (Wildman–Crippen LogP) is 5.78. The summed E-state index contributed by atoms with van der Waals surface area (Å²) in [6, 6.07) is 5.62. The SMILES string of the molecule is CCCCC[C@@H](C)SCNc1ccccc1C(F)(F)F. The van der Waals surface area contributed by atoms with Gasteiger partial charge < -0.3 is 5.32 Å². The fraction of sp³-hybridized carbons (Fsp3) is 0.600. The maximum atomic E-state index is 12.8. The van der Waals surface area contributed by atoms with Crippen molar-refractivity contribution in [1.29, 1.82) is 0 Å². The van der Waals surface area contributed by atoms with Gasteiger partial charge in [-0.2, -0.15) is 13.2 Å². The molecule has 0 aliphatic heterocycles. The first kappa shape index (κ1) is 17.2. The van der Waals surface area contributed by atoms with Crippen molar-refractivity contribution in [2.24, 2.45) is 0 Å². The van der Waals surface area contributed by atoms with Crippen molar-refractivity contribution in [3.8, 4) is 0 Å². The Bertz CT molecular complexity index is 393. The monoisotopic (exact) mass is 305 g/mol. The average Bonchev–Trinajstić information content (AvgIpc) is 2.38. The van der Waals surface area contributed by atoms with E-state index in [1.807, 2.05) is 0 Å². The third-order valence-corrected chi connectivity index (χ3v) is 4.19. The predicted molar refractivity (Wildman–Crippen MR) is 81.1 cm³/mol. The zero-order valence-electron chi connectivity index (χ0n) is 12.0. The van der Waals surface area contributed by atoms with Gasteiger partial charge in [-0.15, -0.1) is 11.8 Å². The highest BCUT2D eigenvalue weighted by atomic mass is 32.2. The van der Waals surface area contributed by atoms with Gasteiger partial charge in [0.2, 0.25) is 0 Å². The van der Waals surface area contributed by atoms with Crippen LogP contribution in [0.1, 0.15) is 45.1 Å². The largest absolute Gasteiger partial charge is 0.418 e. The first-order valence-electron chi connectivity index (χ1n) is 6.96. The summed E-state index contributed by atoms with van der Waals surface area (Å²) in [5, 5.41) is 3.35. The van der Waals surface area contributed by atoms with Gasteiger partial charge in [0.15, 0.2) is 0 Å². The lowest BCUT2D eigenvalue weighted by Gasteiger charge is -2.16. The highest BCUT2D eigenvalue weighted by Gasteiger charge is 2.32. The van der Waals surface area contributed by atoms with Crippen LogP contribution < -0.4 is 5.32 Å². The van der Waals surface area contributed by atoms with E-state index in [0.29, 0.717) is 11.1 Å². The lowest BCUT2D eigenvalue weighted by atomic mass is 10.2. The first-order chi connectivity index (χ1) is 9.45. The molecule has 0 aliphatic carbocycles. The Morgan fingerprint density at radius 3 is 2.55 bits per heavy atom. The summed E-state index contributed by atoms with van der Waals surface area (Å²) in [4.78, 5) is 0. The van der Waals surface area contributed by atoms with Crippen molar-refractivity contribution < 1.29 is 13.2 Å². The molecule has 0 spiro atoms. The third-order valence-electron chi connectivity index (χ3n) is 3.08. The molecule has 1 nitrogen and oxygen atoms in total. The molecule has 114 valence electrons. The minimum absolute atomic E-state index is 0.160. The standard InChI is InChI=1S/C15H22F3NS/c1-3-4-5-8-12(2)20-11-19-14-10-7-6-9-13(14)15(16,17)18/h6-7,9-10,12,19H,3-5,8,11H2,1-2H3/t12-/m1/s1. The summed E-state index contributed by atoms with van der Waals surface area (Å²) in [5.41, 5.74) is -0.438. The normalized spacial score (nSPS) is 13.2. The molecule has 0 fully saturated rings. The Kier molecular flexibility index (Phi) is 7.27. The van der Waals surface area contributed by atoms with Gasteiger partial charge >= 0.3 is 6.18 Å². The van der Waals surface area contributed by atoms with Gasteiger partial charge in [-0.05, 0) is 18.6 Å². The summed E-state index contributed by atoms with van der Waals surface area (Å²) < 4.78 is 38.4. The van der Waals surface area contributed by atoms with Crippen LogP contribution in [0, 0.1) is 0 Å². The number of unbranched alkanes of at least 4 members (excludes halogenated alkanes) is 2. The van der Waals surface area contributed by atoms with Crippen molar-refractivity contribution in [3.63, 3.8) is 0 Å². The van der Waals surface area contributed by atoms with Crippen LogP contribution in [0.15, 0.2) is 24.3 Å². The molecule has 0 unspecified atom stereocenters. The van der Waals surface area contributed by atoms with Gasteiger partial charge in [0.25, 0.3) is 0 Å². The molecule has 20 heavy (non-hydrogen) atoms. The van der Waals surface area contributed by atoms with Gasteiger partial charge in [0.1, 0.15) is 0 Å². The van der Waals surface area contributed by atoms with Gasteiger partial charge in [0.05, 0.1) is 11.4 Å². The van der Waals surface area contributed by atoms with Crippen LogP contribution >= 0.6 is 11.8 Å². The molecule has 1 aromatic carbocycles. The van der Waals surface area contributed by atoms with E-state index in [9.17, 15) is 13.2 Å². The Morgan fingerprint density at radius 1 is 1.20 bits per heavy atom. The molecule has 0 aromatic heterocycles. The van der Waals surface area contributed by atoms with Crippen molar-refractivity contribution >= 4 is 17.4 Å². The van der Waals surface area contributed by atoms with Gasteiger partial charge in [-0.1, -0.05) is 45.2 Å².